The fourth-order valence-corrected chi connectivity index (χ4v) is 4.09. The van der Waals surface area contributed by atoms with E-state index in [0.29, 0.717) is 19.4 Å². The first-order valence-corrected chi connectivity index (χ1v) is 10.3. The van der Waals surface area contributed by atoms with Crippen LogP contribution < -0.4 is 5.73 Å². The summed E-state index contributed by atoms with van der Waals surface area (Å²) in [5.41, 5.74) is 10.5. The Morgan fingerprint density at radius 2 is 1.97 bits per heavy atom. The number of phenolic OH excluding ortho intramolecular Hbond substituents is 1. The van der Waals surface area contributed by atoms with Crippen molar-refractivity contribution >= 4 is 21.8 Å². The summed E-state index contributed by atoms with van der Waals surface area (Å²) >= 11 is 3.46. The van der Waals surface area contributed by atoms with E-state index in [1.54, 1.807) is 24.3 Å². The fraction of sp³-hybridized carbons (Fsp3) is 0.273. The Morgan fingerprint density at radius 1 is 1.28 bits per heavy atom. The molecule has 7 heteroatoms. The number of aromatic nitrogens is 2. The van der Waals surface area contributed by atoms with Crippen LogP contribution in [0.1, 0.15) is 34.3 Å². The van der Waals surface area contributed by atoms with Gasteiger partial charge in [0.05, 0.1) is 12.1 Å². The molecular formula is C22H23BrN4O2. The monoisotopic (exact) mass is 454 g/mol. The Kier molecular flexibility index (Phi) is 5.43. The number of hydrogen-bond acceptors (Lipinski definition) is 4. The zero-order chi connectivity index (χ0) is 20.5. The lowest BCUT2D eigenvalue weighted by molar-refractivity contribution is -0.136. The third-order valence-electron chi connectivity index (χ3n) is 5.40. The molecule has 2 heterocycles. The maximum Gasteiger partial charge on any atom is 0.240 e. The minimum absolute atomic E-state index is 0.109. The van der Waals surface area contributed by atoms with Crippen LogP contribution >= 0.6 is 15.9 Å². The Balaban J connectivity index is 1.62. The molecule has 1 aliphatic heterocycles. The second-order valence-electron chi connectivity index (χ2n) is 7.47. The maximum absolute atomic E-state index is 13.4. The Morgan fingerprint density at radius 3 is 2.62 bits per heavy atom. The average Bonchev–Trinajstić information content (AvgIpc) is 3.06. The van der Waals surface area contributed by atoms with E-state index in [1.165, 1.54) is 5.56 Å². The number of nitrogens with zero attached hydrogens (tertiary/aromatic N) is 2. The van der Waals surface area contributed by atoms with E-state index in [1.807, 2.05) is 24.0 Å². The van der Waals surface area contributed by atoms with Crippen molar-refractivity contribution in [1.29, 1.82) is 0 Å². The van der Waals surface area contributed by atoms with Gasteiger partial charge in [-0.25, -0.2) is 4.98 Å². The summed E-state index contributed by atoms with van der Waals surface area (Å²) in [6.07, 6.45) is 1.10. The Hall–Kier alpha value is -2.64. The first-order valence-electron chi connectivity index (χ1n) is 9.55. The van der Waals surface area contributed by atoms with Crippen LogP contribution in [0.5, 0.6) is 5.75 Å². The van der Waals surface area contributed by atoms with Crippen molar-refractivity contribution in [2.75, 3.05) is 0 Å². The molecule has 0 bridgehead atoms. The van der Waals surface area contributed by atoms with E-state index in [0.717, 1.165) is 27.2 Å². The summed E-state index contributed by atoms with van der Waals surface area (Å²) in [5, 5.41) is 9.46. The molecule has 0 saturated carbocycles. The van der Waals surface area contributed by atoms with Crippen molar-refractivity contribution < 1.29 is 9.90 Å². The molecule has 0 spiro atoms. The highest BCUT2D eigenvalue weighted by molar-refractivity contribution is 9.10. The number of rotatable bonds is 4. The summed E-state index contributed by atoms with van der Waals surface area (Å²) in [5.74, 6) is 0.844. The smallest absolute Gasteiger partial charge is 0.240 e. The third-order valence-corrected chi connectivity index (χ3v) is 6.17. The highest BCUT2D eigenvalue weighted by atomic mass is 79.9. The van der Waals surface area contributed by atoms with E-state index >= 15 is 0 Å². The highest BCUT2D eigenvalue weighted by Crippen LogP contribution is 2.33. The van der Waals surface area contributed by atoms with Crippen molar-refractivity contribution in [3.63, 3.8) is 0 Å². The van der Waals surface area contributed by atoms with Gasteiger partial charge in [-0.05, 0) is 58.1 Å². The second-order valence-corrected chi connectivity index (χ2v) is 8.22. The lowest BCUT2D eigenvalue weighted by atomic mass is 9.92. The normalized spacial score (nSPS) is 17.1. The Labute approximate surface area is 177 Å². The number of aryl methyl sites for hydroxylation is 1. The predicted molar refractivity (Wildman–Crippen MR) is 114 cm³/mol. The highest BCUT2D eigenvalue weighted by Gasteiger charge is 2.35. The molecule has 0 aliphatic carbocycles. The minimum Gasteiger partial charge on any atom is -0.508 e. The standard InChI is InChI=1S/C22H23BrN4O2/c1-13-20(23)26-21(25-13)19-11-15-4-2-3-5-16(15)12-27(19)22(29)18(24)10-14-6-8-17(28)9-7-14/h2-9,18-19,28H,10-12,24H2,1H3,(H,25,26)/t18-,19?/m0/s1. The Bertz CT molecular complexity index is 1010. The van der Waals surface area contributed by atoms with Crippen LogP contribution in [0.3, 0.4) is 0 Å². The van der Waals surface area contributed by atoms with E-state index in [9.17, 15) is 9.90 Å². The number of aromatic hydroxyl groups is 1. The second kappa shape index (κ2) is 8.00. The zero-order valence-electron chi connectivity index (χ0n) is 16.1. The molecule has 0 radical (unpaired) electrons. The number of benzene rings is 2. The number of aromatic amines is 1. The lowest BCUT2D eigenvalue weighted by Crippen LogP contribution is -2.48. The van der Waals surface area contributed by atoms with Gasteiger partial charge in [0.15, 0.2) is 0 Å². The van der Waals surface area contributed by atoms with Gasteiger partial charge in [-0.15, -0.1) is 0 Å². The molecule has 0 saturated heterocycles. The number of nitrogens with one attached hydrogen (secondary N) is 1. The molecule has 29 heavy (non-hydrogen) atoms. The molecule has 1 aromatic heterocycles. The van der Waals surface area contributed by atoms with Gasteiger partial charge in [0.2, 0.25) is 5.91 Å². The number of carbonyl (C=O) groups excluding carboxylic acids is 1. The van der Waals surface area contributed by atoms with Crippen molar-refractivity contribution in [1.82, 2.24) is 14.9 Å². The van der Waals surface area contributed by atoms with Crippen molar-refractivity contribution in [3.05, 3.63) is 81.3 Å². The molecule has 4 rings (SSSR count). The van der Waals surface area contributed by atoms with Gasteiger partial charge >= 0.3 is 0 Å². The first-order chi connectivity index (χ1) is 13.9. The molecule has 1 amide bonds. The largest absolute Gasteiger partial charge is 0.508 e. The van der Waals surface area contributed by atoms with Gasteiger partial charge in [0.1, 0.15) is 16.2 Å². The lowest BCUT2D eigenvalue weighted by Gasteiger charge is -2.37. The van der Waals surface area contributed by atoms with Gasteiger partial charge in [-0.1, -0.05) is 36.4 Å². The first kappa shape index (κ1) is 19.7. The molecule has 1 aliphatic rings. The van der Waals surface area contributed by atoms with Crippen LogP contribution in [0.15, 0.2) is 53.1 Å². The van der Waals surface area contributed by atoms with Crippen LogP contribution in [-0.2, 0) is 24.2 Å². The summed E-state index contributed by atoms with van der Waals surface area (Å²) < 4.78 is 0.757. The summed E-state index contributed by atoms with van der Waals surface area (Å²) in [4.78, 5) is 23.1. The molecule has 1 unspecified atom stereocenters. The van der Waals surface area contributed by atoms with Gasteiger partial charge in [0, 0.05) is 18.7 Å². The van der Waals surface area contributed by atoms with Gasteiger partial charge in [-0.2, -0.15) is 0 Å². The summed E-state index contributed by atoms with van der Waals surface area (Å²) in [7, 11) is 0. The number of phenols is 1. The number of halogens is 1. The number of imidazole rings is 1. The third kappa shape index (κ3) is 4.06. The van der Waals surface area contributed by atoms with Gasteiger partial charge < -0.3 is 20.7 Å². The van der Waals surface area contributed by atoms with Gasteiger partial charge in [0.25, 0.3) is 0 Å². The van der Waals surface area contributed by atoms with E-state index in [-0.39, 0.29) is 17.7 Å². The number of carbonyl (C=O) groups is 1. The molecular weight excluding hydrogens is 432 g/mol. The van der Waals surface area contributed by atoms with E-state index < -0.39 is 6.04 Å². The number of amides is 1. The molecule has 6 nitrogen and oxygen atoms in total. The predicted octanol–water partition coefficient (Wildman–Crippen LogP) is 3.38. The van der Waals surface area contributed by atoms with Crippen LogP contribution in [0.25, 0.3) is 0 Å². The topological polar surface area (TPSA) is 95.2 Å². The van der Waals surface area contributed by atoms with E-state index in [2.05, 4.69) is 38.0 Å². The molecule has 3 aromatic rings. The van der Waals surface area contributed by atoms with Crippen molar-refractivity contribution in [3.8, 4) is 5.75 Å². The van der Waals surface area contributed by atoms with Gasteiger partial charge in [-0.3, -0.25) is 4.79 Å². The van der Waals surface area contributed by atoms with E-state index in [4.69, 9.17) is 5.73 Å². The summed E-state index contributed by atoms with van der Waals surface area (Å²) in [6.45, 7) is 2.44. The van der Waals surface area contributed by atoms with Crippen molar-refractivity contribution in [2.45, 2.75) is 38.4 Å². The quantitative estimate of drug-likeness (QED) is 0.562. The molecule has 150 valence electrons. The SMILES string of the molecule is Cc1[nH]c(C2Cc3ccccc3CN2C(=O)[C@@H](N)Cc2ccc(O)cc2)nc1Br. The van der Waals surface area contributed by atoms with Crippen LogP contribution in [0.4, 0.5) is 0 Å². The minimum atomic E-state index is -0.674. The average molecular weight is 455 g/mol. The molecule has 2 atom stereocenters. The van der Waals surface area contributed by atoms with Crippen LogP contribution in [0, 0.1) is 6.92 Å². The summed E-state index contributed by atoms with van der Waals surface area (Å²) in [6, 6.07) is 14.1. The van der Waals surface area contributed by atoms with Crippen molar-refractivity contribution in [2.24, 2.45) is 5.73 Å². The molecule has 4 N–H and O–H groups in total. The molecule has 0 fully saturated rings. The number of nitrogens with two attached hydrogens (primary N) is 1. The number of fused-ring (bicyclic) bond motifs is 1. The zero-order valence-corrected chi connectivity index (χ0v) is 17.7. The fourth-order valence-electron chi connectivity index (χ4n) is 3.80. The van der Waals surface area contributed by atoms with Crippen LogP contribution in [-0.4, -0.2) is 31.9 Å². The molecule has 2 aromatic carbocycles. The maximum atomic E-state index is 13.4. The number of hydrogen-bond donors (Lipinski definition) is 3. The number of H-pyrrole nitrogens is 1. The van der Waals surface area contributed by atoms with Crippen LogP contribution in [0.2, 0.25) is 0 Å².